The molecular weight excluding hydrogens is 379 g/mol. The van der Waals surface area contributed by atoms with Gasteiger partial charge in [-0.1, -0.05) is 6.92 Å². The van der Waals surface area contributed by atoms with Crippen LogP contribution in [0.25, 0.3) is 0 Å². The predicted molar refractivity (Wildman–Crippen MR) is 101 cm³/mol. The minimum Gasteiger partial charge on any atom is -0.488 e. The maximum Gasteiger partial charge on any atom is 0.389 e. The molecule has 1 aromatic rings. The Balaban J connectivity index is 2.36. The number of halogens is 3. The Bertz CT molecular complexity index is 760. The van der Waals surface area contributed by atoms with Crippen molar-refractivity contribution in [3.05, 3.63) is 23.8 Å². The topological polar surface area (TPSA) is 46.6 Å². The van der Waals surface area contributed by atoms with Crippen molar-refractivity contribution in [2.75, 3.05) is 17.2 Å². The van der Waals surface area contributed by atoms with E-state index in [1.807, 2.05) is 19.9 Å². The standard InChI is InChI=1S/C19H28F3NO3S/c1-5-23(17(27(24,25)6-2)10-12-19(20,21)22)15-7-8-16-14(13-15)9-11-18(3,4)26-16/h7-8,13,17H,5-6,9-12H2,1-4H3. The van der Waals surface area contributed by atoms with Crippen molar-refractivity contribution in [3.8, 4) is 5.75 Å². The monoisotopic (exact) mass is 407 g/mol. The normalized spacial score (nSPS) is 17.7. The third-order valence-electron chi connectivity index (χ3n) is 4.94. The summed E-state index contributed by atoms with van der Waals surface area (Å²) in [6.07, 6.45) is -4.40. The van der Waals surface area contributed by atoms with E-state index < -0.39 is 34.2 Å². The quantitative estimate of drug-likeness (QED) is 0.656. The van der Waals surface area contributed by atoms with Crippen molar-refractivity contribution in [3.63, 3.8) is 0 Å². The smallest absolute Gasteiger partial charge is 0.389 e. The number of nitrogens with zero attached hydrogens (tertiary/aromatic N) is 1. The summed E-state index contributed by atoms with van der Waals surface area (Å²) < 4.78 is 69.2. The van der Waals surface area contributed by atoms with Gasteiger partial charge in [-0.05, 0) is 63.8 Å². The van der Waals surface area contributed by atoms with Crippen LogP contribution in [0, 0.1) is 0 Å². The zero-order chi connectivity index (χ0) is 20.5. The number of alkyl halides is 3. The summed E-state index contributed by atoms with van der Waals surface area (Å²) in [7, 11) is -3.69. The molecule has 1 heterocycles. The van der Waals surface area contributed by atoms with Crippen molar-refractivity contribution in [1.29, 1.82) is 0 Å². The molecule has 154 valence electrons. The van der Waals surface area contributed by atoms with E-state index in [0.717, 1.165) is 24.2 Å². The number of sulfone groups is 1. The number of fused-ring (bicyclic) bond motifs is 1. The van der Waals surface area contributed by atoms with Gasteiger partial charge in [0.15, 0.2) is 9.84 Å². The van der Waals surface area contributed by atoms with Crippen molar-refractivity contribution >= 4 is 15.5 Å². The van der Waals surface area contributed by atoms with Crippen molar-refractivity contribution in [2.45, 2.75) is 70.5 Å². The first-order valence-corrected chi connectivity index (χ1v) is 11.0. The molecule has 1 aliphatic rings. The summed E-state index contributed by atoms with van der Waals surface area (Å²) in [6, 6.07) is 5.36. The Hall–Kier alpha value is -1.44. The molecule has 0 radical (unpaired) electrons. The van der Waals surface area contributed by atoms with E-state index >= 15 is 0 Å². The Kier molecular flexibility index (Phi) is 6.39. The Morgan fingerprint density at radius 1 is 1.26 bits per heavy atom. The molecule has 0 aliphatic carbocycles. The molecule has 8 heteroatoms. The number of anilines is 1. The SMILES string of the molecule is CCN(c1ccc2c(c1)CCC(C)(C)O2)C(CCC(F)(F)F)S(=O)(=O)CC. The second-order valence-corrected chi connectivity index (χ2v) is 9.95. The average Bonchev–Trinajstić information content (AvgIpc) is 2.56. The number of rotatable bonds is 7. The highest BCUT2D eigenvalue weighted by atomic mass is 32.2. The largest absolute Gasteiger partial charge is 0.488 e. The van der Waals surface area contributed by atoms with Crippen LogP contribution < -0.4 is 9.64 Å². The molecule has 0 amide bonds. The lowest BCUT2D eigenvalue weighted by atomic mass is 9.94. The summed E-state index contributed by atoms with van der Waals surface area (Å²) in [5, 5.41) is -1.20. The molecule has 1 atom stereocenters. The number of benzene rings is 1. The van der Waals surface area contributed by atoms with Crippen LogP contribution in [0.2, 0.25) is 0 Å². The highest BCUT2D eigenvalue weighted by molar-refractivity contribution is 7.92. The summed E-state index contributed by atoms with van der Waals surface area (Å²) in [5.74, 6) is 0.546. The highest BCUT2D eigenvalue weighted by Crippen LogP contribution is 2.37. The third-order valence-corrected chi connectivity index (χ3v) is 7.06. The fourth-order valence-corrected chi connectivity index (χ4v) is 4.91. The molecule has 4 nitrogen and oxygen atoms in total. The van der Waals surface area contributed by atoms with E-state index in [0.29, 0.717) is 12.2 Å². The van der Waals surface area contributed by atoms with Gasteiger partial charge in [0.1, 0.15) is 16.7 Å². The van der Waals surface area contributed by atoms with Crippen LogP contribution in [-0.4, -0.2) is 37.9 Å². The zero-order valence-corrected chi connectivity index (χ0v) is 17.1. The van der Waals surface area contributed by atoms with Crippen molar-refractivity contribution in [1.82, 2.24) is 0 Å². The van der Waals surface area contributed by atoms with Gasteiger partial charge in [0, 0.05) is 24.4 Å². The van der Waals surface area contributed by atoms with Gasteiger partial charge < -0.3 is 9.64 Å². The molecular formula is C19H28F3NO3S. The number of ether oxygens (including phenoxy) is 1. The second kappa shape index (κ2) is 7.89. The van der Waals surface area contributed by atoms with Gasteiger partial charge in [-0.3, -0.25) is 0 Å². The first-order valence-electron chi connectivity index (χ1n) is 9.25. The minimum atomic E-state index is -4.39. The predicted octanol–water partition coefficient (Wildman–Crippen LogP) is 4.72. The van der Waals surface area contributed by atoms with Crippen LogP contribution in [0.15, 0.2) is 18.2 Å². The summed E-state index contributed by atoms with van der Waals surface area (Å²) in [6.45, 7) is 7.52. The first-order chi connectivity index (χ1) is 12.4. The van der Waals surface area contributed by atoms with Crippen LogP contribution in [0.3, 0.4) is 0 Å². The van der Waals surface area contributed by atoms with E-state index in [9.17, 15) is 21.6 Å². The molecule has 0 bridgehead atoms. The van der Waals surface area contributed by atoms with E-state index in [1.54, 1.807) is 24.0 Å². The van der Waals surface area contributed by atoms with Gasteiger partial charge in [-0.25, -0.2) is 8.42 Å². The molecule has 1 unspecified atom stereocenters. The second-order valence-electron chi connectivity index (χ2n) is 7.50. The van der Waals surface area contributed by atoms with E-state index in [2.05, 4.69) is 0 Å². The lowest BCUT2D eigenvalue weighted by molar-refractivity contribution is -0.135. The highest BCUT2D eigenvalue weighted by Gasteiger charge is 2.36. The van der Waals surface area contributed by atoms with Crippen molar-refractivity contribution in [2.24, 2.45) is 0 Å². The van der Waals surface area contributed by atoms with Gasteiger partial charge in [0.25, 0.3) is 0 Å². The molecule has 1 aromatic carbocycles. The van der Waals surface area contributed by atoms with Gasteiger partial charge in [-0.2, -0.15) is 13.2 Å². The van der Waals surface area contributed by atoms with Crippen LogP contribution in [0.4, 0.5) is 18.9 Å². The number of aryl methyl sites for hydroxylation is 1. The molecule has 0 fully saturated rings. The fourth-order valence-electron chi connectivity index (χ4n) is 3.39. The minimum absolute atomic E-state index is 0.200. The molecule has 2 rings (SSSR count). The third kappa shape index (κ3) is 5.53. The average molecular weight is 407 g/mol. The number of hydrogen-bond acceptors (Lipinski definition) is 4. The van der Waals surface area contributed by atoms with Crippen molar-refractivity contribution < 1.29 is 26.3 Å². The molecule has 27 heavy (non-hydrogen) atoms. The van der Waals surface area contributed by atoms with E-state index in [4.69, 9.17) is 4.74 Å². The fraction of sp³-hybridized carbons (Fsp3) is 0.684. The molecule has 0 aromatic heterocycles. The van der Waals surface area contributed by atoms with Crippen LogP contribution in [-0.2, 0) is 16.3 Å². The lowest BCUT2D eigenvalue weighted by Crippen LogP contribution is -2.43. The van der Waals surface area contributed by atoms with E-state index in [-0.39, 0.29) is 11.4 Å². The molecule has 0 saturated heterocycles. The van der Waals surface area contributed by atoms with Gasteiger partial charge >= 0.3 is 6.18 Å². The van der Waals surface area contributed by atoms with Gasteiger partial charge in [-0.15, -0.1) is 0 Å². The summed E-state index contributed by atoms with van der Waals surface area (Å²) in [5.41, 5.74) is 1.30. The van der Waals surface area contributed by atoms with Crippen LogP contribution >= 0.6 is 0 Å². The summed E-state index contributed by atoms with van der Waals surface area (Å²) in [4.78, 5) is 1.56. The molecule has 0 spiro atoms. The molecule has 1 aliphatic heterocycles. The first kappa shape index (κ1) is 21.9. The molecule has 0 saturated carbocycles. The van der Waals surface area contributed by atoms with Gasteiger partial charge in [0.2, 0.25) is 0 Å². The van der Waals surface area contributed by atoms with Crippen LogP contribution in [0.1, 0.15) is 52.5 Å². The summed E-state index contributed by atoms with van der Waals surface area (Å²) >= 11 is 0. The number of hydrogen-bond donors (Lipinski definition) is 0. The Labute approximate surface area is 159 Å². The lowest BCUT2D eigenvalue weighted by Gasteiger charge is -2.35. The Morgan fingerprint density at radius 3 is 2.48 bits per heavy atom. The zero-order valence-electron chi connectivity index (χ0n) is 16.3. The van der Waals surface area contributed by atoms with Crippen LogP contribution in [0.5, 0.6) is 5.75 Å². The van der Waals surface area contributed by atoms with Gasteiger partial charge in [0.05, 0.1) is 0 Å². The Morgan fingerprint density at radius 2 is 1.93 bits per heavy atom. The van der Waals surface area contributed by atoms with E-state index in [1.165, 1.54) is 6.92 Å². The molecule has 0 N–H and O–H groups in total. The maximum atomic E-state index is 12.7. The maximum absolute atomic E-state index is 12.7.